The number of anilines is 2. The number of carbonyl (C=O) groups excluding carboxylic acids is 2. The first-order chi connectivity index (χ1) is 11.9. The first-order valence-electron chi connectivity index (χ1n) is 7.99. The van der Waals surface area contributed by atoms with E-state index in [1.165, 1.54) is 4.90 Å². The molecule has 6 heteroatoms. The minimum absolute atomic E-state index is 0.134. The quantitative estimate of drug-likeness (QED) is 0.850. The third kappa shape index (κ3) is 3.65. The van der Waals surface area contributed by atoms with Gasteiger partial charge in [-0.2, -0.15) is 0 Å². The summed E-state index contributed by atoms with van der Waals surface area (Å²) in [6.07, 6.45) is 0.152. The average Bonchev–Trinajstić information content (AvgIpc) is 2.94. The van der Waals surface area contributed by atoms with E-state index in [4.69, 9.17) is 23.2 Å². The van der Waals surface area contributed by atoms with E-state index in [0.29, 0.717) is 15.7 Å². The molecule has 1 atom stereocenters. The van der Waals surface area contributed by atoms with E-state index < -0.39 is 5.92 Å². The molecule has 1 heterocycles. The van der Waals surface area contributed by atoms with Gasteiger partial charge in [-0.25, -0.2) is 0 Å². The van der Waals surface area contributed by atoms with Gasteiger partial charge in [0.15, 0.2) is 0 Å². The van der Waals surface area contributed by atoms with Crippen molar-refractivity contribution in [2.24, 2.45) is 5.92 Å². The minimum atomic E-state index is -0.428. The standard InChI is InChI=1S/C19H18Cl2N2O2/c1-11-6-7-15(12(2)8-11)22-19(25)13-9-17(24)23(10-13)16-5-3-4-14(20)18(16)21/h3-8,13H,9-10H2,1-2H3,(H,22,25)/t13-/m1/s1. The van der Waals surface area contributed by atoms with Crippen LogP contribution in [0.15, 0.2) is 36.4 Å². The molecule has 1 saturated heterocycles. The summed E-state index contributed by atoms with van der Waals surface area (Å²) in [5, 5.41) is 3.63. The SMILES string of the molecule is Cc1ccc(NC(=O)[C@@H]2CC(=O)N(c3cccc(Cl)c3Cl)C2)c(C)c1. The van der Waals surface area contributed by atoms with Gasteiger partial charge in [0, 0.05) is 18.7 Å². The van der Waals surface area contributed by atoms with Gasteiger partial charge in [-0.15, -0.1) is 0 Å². The summed E-state index contributed by atoms with van der Waals surface area (Å²) in [5.74, 6) is -0.728. The third-order valence-corrected chi connectivity index (χ3v) is 5.17. The normalized spacial score (nSPS) is 17.0. The third-order valence-electron chi connectivity index (χ3n) is 4.36. The molecule has 0 radical (unpaired) electrons. The number of carbonyl (C=O) groups is 2. The molecule has 2 aromatic rings. The first kappa shape index (κ1) is 17.8. The van der Waals surface area contributed by atoms with Crippen molar-refractivity contribution < 1.29 is 9.59 Å². The van der Waals surface area contributed by atoms with Gasteiger partial charge in [-0.3, -0.25) is 9.59 Å². The van der Waals surface area contributed by atoms with E-state index in [-0.39, 0.29) is 24.8 Å². The fraction of sp³-hybridized carbons (Fsp3) is 0.263. The zero-order valence-corrected chi connectivity index (χ0v) is 15.5. The van der Waals surface area contributed by atoms with Gasteiger partial charge in [-0.05, 0) is 37.6 Å². The summed E-state index contributed by atoms with van der Waals surface area (Å²) in [5.41, 5.74) is 3.43. The summed E-state index contributed by atoms with van der Waals surface area (Å²) in [7, 11) is 0. The Morgan fingerprint density at radius 3 is 2.68 bits per heavy atom. The van der Waals surface area contributed by atoms with Gasteiger partial charge in [0.2, 0.25) is 11.8 Å². The molecular weight excluding hydrogens is 359 g/mol. The van der Waals surface area contributed by atoms with Crippen molar-refractivity contribution in [2.45, 2.75) is 20.3 Å². The summed E-state index contributed by atoms with van der Waals surface area (Å²) in [6, 6.07) is 11.0. The number of rotatable bonds is 3. The van der Waals surface area contributed by atoms with E-state index in [9.17, 15) is 9.59 Å². The van der Waals surface area contributed by atoms with Crippen molar-refractivity contribution >= 4 is 46.4 Å². The zero-order valence-electron chi connectivity index (χ0n) is 14.0. The number of halogens is 2. The van der Waals surface area contributed by atoms with Gasteiger partial charge in [-0.1, -0.05) is 47.0 Å². The fourth-order valence-electron chi connectivity index (χ4n) is 3.01. The number of nitrogens with one attached hydrogen (secondary N) is 1. The second-order valence-electron chi connectivity index (χ2n) is 6.29. The van der Waals surface area contributed by atoms with Crippen LogP contribution in [-0.2, 0) is 9.59 Å². The molecule has 130 valence electrons. The molecule has 25 heavy (non-hydrogen) atoms. The lowest BCUT2D eigenvalue weighted by atomic mass is 10.1. The molecule has 0 spiro atoms. The van der Waals surface area contributed by atoms with Crippen LogP contribution in [0.2, 0.25) is 10.0 Å². The number of aryl methyl sites for hydroxylation is 2. The minimum Gasteiger partial charge on any atom is -0.326 e. The Hall–Kier alpha value is -2.04. The van der Waals surface area contributed by atoms with Crippen molar-refractivity contribution in [3.05, 3.63) is 57.6 Å². The molecule has 0 unspecified atom stereocenters. The second-order valence-corrected chi connectivity index (χ2v) is 7.07. The van der Waals surface area contributed by atoms with Gasteiger partial charge in [0.1, 0.15) is 0 Å². The van der Waals surface area contributed by atoms with E-state index in [1.54, 1.807) is 18.2 Å². The Kier molecular flexibility index (Phi) is 5.02. The van der Waals surface area contributed by atoms with Crippen LogP contribution in [0.5, 0.6) is 0 Å². The van der Waals surface area contributed by atoms with Crippen molar-refractivity contribution in [3.63, 3.8) is 0 Å². The molecule has 1 aliphatic rings. The van der Waals surface area contributed by atoms with Crippen LogP contribution >= 0.6 is 23.2 Å². The first-order valence-corrected chi connectivity index (χ1v) is 8.75. The molecule has 1 aliphatic heterocycles. The van der Waals surface area contributed by atoms with Crippen molar-refractivity contribution in [1.82, 2.24) is 0 Å². The van der Waals surface area contributed by atoms with Gasteiger partial charge < -0.3 is 10.2 Å². The lowest BCUT2D eigenvalue weighted by Gasteiger charge is -2.19. The molecular formula is C19H18Cl2N2O2. The molecule has 0 aliphatic carbocycles. The largest absolute Gasteiger partial charge is 0.326 e. The topological polar surface area (TPSA) is 49.4 Å². The molecule has 2 amide bonds. The molecule has 4 nitrogen and oxygen atoms in total. The Balaban J connectivity index is 1.75. The highest BCUT2D eigenvalue weighted by Crippen LogP contribution is 2.36. The van der Waals surface area contributed by atoms with E-state index in [2.05, 4.69) is 5.32 Å². The highest BCUT2D eigenvalue weighted by Gasteiger charge is 2.36. The van der Waals surface area contributed by atoms with E-state index >= 15 is 0 Å². The predicted octanol–water partition coefficient (Wildman–Crippen LogP) is 4.60. The van der Waals surface area contributed by atoms with Crippen molar-refractivity contribution in [2.75, 3.05) is 16.8 Å². The van der Waals surface area contributed by atoms with Crippen molar-refractivity contribution in [1.29, 1.82) is 0 Å². The summed E-state index contributed by atoms with van der Waals surface area (Å²) in [4.78, 5) is 26.5. The van der Waals surface area contributed by atoms with Crippen LogP contribution in [0.1, 0.15) is 17.5 Å². The molecule has 1 fully saturated rings. The zero-order chi connectivity index (χ0) is 18.1. The van der Waals surface area contributed by atoms with E-state index in [0.717, 1.165) is 16.8 Å². The van der Waals surface area contributed by atoms with Gasteiger partial charge in [0.25, 0.3) is 0 Å². The highest BCUT2D eigenvalue weighted by molar-refractivity contribution is 6.44. The van der Waals surface area contributed by atoms with Crippen molar-refractivity contribution in [3.8, 4) is 0 Å². The number of amides is 2. The molecule has 0 aromatic heterocycles. The number of nitrogens with zero attached hydrogens (tertiary/aromatic N) is 1. The van der Waals surface area contributed by atoms with Gasteiger partial charge in [0.05, 0.1) is 21.7 Å². The average molecular weight is 377 g/mol. The van der Waals surface area contributed by atoms with Crippen LogP contribution in [0.3, 0.4) is 0 Å². The molecule has 0 saturated carbocycles. The smallest absolute Gasteiger partial charge is 0.229 e. The molecule has 2 aromatic carbocycles. The number of hydrogen-bond donors (Lipinski definition) is 1. The Morgan fingerprint density at radius 1 is 1.20 bits per heavy atom. The monoisotopic (exact) mass is 376 g/mol. The van der Waals surface area contributed by atoms with E-state index in [1.807, 2.05) is 32.0 Å². The lowest BCUT2D eigenvalue weighted by Crippen LogP contribution is -2.28. The van der Waals surface area contributed by atoms with Crippen LogP contribution in [-0.4, -0.2) is 18.4 Å². The fourth-order valence-corrected chi connectivity index (χ4v) is 3.40. The molecule has 3 rings (SSSR count). The Morgan fingerprint density at radius 2 is 1.96 bits per heavy atom. The van der Waals surface area contributed by atoms with Gasteiger partial charge >= 0.3 is 0 Å². The Bertz CT molecular complexity index is 851. The lowest BCUT2D eigenvalue weighted by molar-refractivity contribution is -0.122. The van der Waals surface area contributed by atoms with Crippen LogP contribution in [0.25, 0.3) is 0 Å². The molecule has 0 bridgehead atoms. The van der Waals surface area contributed by atoms with Crippen LogP contribution < -0.4 is 10.2 Å². The summed E-state index contributed by atoms with van der Waals surface area (Å²) >= 11 is 12.2. The van der Waals surface area contributed by atoms with Crippen LogP contribution in [0, 0.1) is 19.8 Å². The maximum absolute atomic E-state index is 12.6. The summed E-state index contributed by atoms with van der Waals surface area (Å²) < 4.78 is 0. The highest BCUT2D eigenvalue weighted by atomic mass is 35.5. The second kappa shape index (κ2) is 7.06. The maximum atomic E-state index is 12.6. The maximum Gasteiger partial charge on any atom is 0.229 e. The van der Waals surface area contributed by atoms with Crippen LogP contribution in [0.4, 0.5) is 11.4 Å². The number of hydrogen-bond acceptors (Lipinski definition) is 2. The molecule has 1 N–H and O–H groups in total. The Labute approximate surface area is 156 Å². The number of benzene rings is 2. The predicted molar refractivity (Wildman–Crippen MR) is 101 cm³/mol. The summed E-state index contributed by atoms with van der Waals surface area (Å²) in [6.45, 7) is 4.23.